The van der Waals surface area contributed by atoms with Gasteiger partial charge >= 0.3 is 0 Å². The highest BCUT2D eigenvalue weighted by Gasteiger charge is 2.19. The van der Waals surface area contributed by atoms with Crippen LogP contribution in [0.4, 0.5) is 0 Å². The maximum atomic E-state index is 9.97. The first-order valence-corrected chi connectivity index (χ1v) is 7.31. The smallest absolute Gasteiger partial charge is 0.148 e. The normalized spacial score (nSPS) is 13.9. The number of aromatic hydroxyl groups is 1. The van der Waals surface area contributed by atoms with Gasteiger partial charge in [-0.3, -0.25) is 0 Å². The molecule has 0 aliphatic heterocycles. The Kier molecular flexibility index (Phi) is 3.58. The van der Waals surface area contributed by atoms with Crippen molar-refractivity contribution in [1.82, 2.24) is 0 Å². The number of halogens is 1. The molecule has 0 spiro atoms. The van der Waals surface area contributed by atoms with E-state index < -0.39 is 0 Å². The van der Waals surface area contributed by atoms with Crippen LogP contribution in [-0.2, 0) is 12.8 Å². The van der Waals surface area contributed by atoms with E-state index in [2.05, 4.69) is 0 Å². The van der Waals surface area contributed by atoms with E-state index in [1.165, 1.54) is 0 Å². The topological polar surface area (TPSA) is 29.5 Å². The van der Waals surface area contributed by atoms with Gasteiger partial charge in [-0.2, -0.15) is 0 Å². The van der Waals surface area contributed by atoms with E-state index in [0.717, 1.165) is 48.1 Å². The average molecular weight is 289 g/mol. The van der Waals surface area contributed by atoms with Crippen molar-refractivity contribution < 1.29 is 9.84 Å². The summed E-state index contributed by atoms with van der Waals surface area (Å²) in [5.41, 5.74) is 3.16. The van der Waals surface area contributed by atoms with Gasteiger partial charge < -0.3 is 9.84 Å². The molecular formula is C17H17ClO2. The van der Waals surface area contributed by atoms with Crippen LogP contribution >= 0.6 is 11.6 Å². The van der Waals surface area contributed by atoms with Crippen molar-refractivity contribution in [2.24, 2.45) is 0 Å². The number of aryl methyl sites for hydroxylation is 1. The monoisotopic (exact) mass is 288 g/mol. The molecule has 104 valence electrons. The predicted octanol–water partition coefficient (Wildman–Crippen LogP) is 5.03. The van der Waals surface area contributed by atoms with Crippen molar-refractivity contribution in [3.8, 4) is 17.2 Å². The van der Waals surface area contributed by atoms with Crippen LogP contribution in [0.5, 0.6) is 17.2 Å². The summed E-state index contributed by atoms with van der Waals surface area (Å²) in [7, 11) is 0. The lowest BCUT2D eigenvalue weighted by Gasteiger charge is -2.21. The lowest BCUT2D eigenvalue weighted by molar-refractivity contribution is 0.443. The Morgan fingerprint density at radius 2 is 1.80 bits per heavy atom. The van der Waals surface area contributed by atoms with Crippen LogP contribution in [0.25, 0.3) is 0 Å². The molecule has 0 atom stereocenters. The molecule has 2 aromatic carbocycles. The molecular weight excluding hydrogens is 272 g/mol. The van der Waals surface area contributed by atoms with E-state index in [0.29, 0.717) is 16.5 Å². The fraction of sp³-hybridized carbons (Fsp3) is 0.294. The summed E-state index contributed by atoms with van der Waals surface area (Å²) in [5.74, 6) is 1.89. The second-order valence-corrected chi connectivity index (χ2v) is 5.64. The van der Waals surface area contributed by atoms with Crippen LogP contribution in [-0.4, -0.2) is 5.11 Å². The standard InChI is InChI=1S/C17H17ClO2/c1-11-5-4-8-14(18)17(11)20-16-10-9-15(19)12-6-2-3-7-13(12)16/h4-5,8-10,19H,2-3,6-7H2,1H3. The van der Waals surface area contributed by atoms with Gasteiger partial charge in [-0.25, -0.2) is 0 Å². The zero-order valence-electron chi connectivity index (χ0n) is 11.4. The molecule has 0 amide bonds. The molecule has 2 nitrogen and oxygen atoms in total. The third-order valence-electron chi connectivity index (χ3n) is 3.84. The summed E-state index contributed by atoms with van der Waals surface area (Å²) < 4.78 is 6.05. The molecule has 0 fully saturated rings. The summed E-state index contributed by atoms with van der Waals surface area (Å²) >= 11 is 6.22. The molecule has 1 N–H and O–H groups in total. The Morgan fingerprint density at radius 3 is 2.55 bits per heavy atom. The van der Waals surface area contributed by atoms with Crippen LogP contribution in [0, 0.1) is 6.92 Å². The molecule has 0 aromatic heterocycles. The number of phenols is 1. The van der Waals surface area contributed by atoms with Crippen molar-refractivity contribution in [2.75, 3.05) is 0 Å². The zero-order valence-corrected chi connectivity index (χ0v) is 12.2. The number of phenolic OH excluding ortho intramolecular Hbond substituents is 1. The Hall–Kier alpha value is -1.67. The summed E-state index contributed by atoms with van der Waals surface area (Å²) in [6, 6.07) is 9.27. The lowest BCUT2D eigenvalue weighted by atomic mass is 9.90. The Labute approximate surface area is 124 Å². The van der Waals surface area contributed by atoms with E-state index in [4.69, 9.17) is 16.3 Å². The highest BCUT2D eigenvalue weighted by Crippen LogP contribution is 2.39. The number of para-hydroxylation sites is 1. The number of rotatable bonds is 2. The number of benzene rings is 2. The highest BCUT2D eigenvalue weighted by molar-refractivity contribution is 6.32. The molecule has 1 aliphatic carbocycles. The second-order valence-electron chi connectivity index (χ2n) is 5.23. The number of hydrogen-bond acceptors (Lipinski definition) is 2. The minimum absolute atomic E-state index is 0.378. The quantitative estimate of drug-likeness (QED) is 0.840. The molecule has 0 unspecified atom stereocenters. The first-order chi connectivity index (χ1) is 9.66. The minimum atomic E-state index is 0.378. The van der Waals surface area contributed by atoms with Crippen molar-refractivity contribution in [1.29, 1.82) is 0 Å². The van der Waals surface area contributed by atoms with Gasteiger partial charge in [0.25, 0.3) is 0 Å². The Morgan fingerprint density at radius 1 is 1.05 bits per heavy atom. The summed E-state index contributed by atoms with van der Waals surface area (Å²) in [6.07, 6.45) is 4.12. The molecule has 0 heterocycles. The third-order valence-corrected chi connectivity index (χ3v) is 4.14. The van der Waals surface area contributed by atoms with Crippen molar-refractivity contribution in [3.05, 3.63) is 52.0 Å². The van der Waals surface area contributed by atoms with Gasteiger partial charge in [-0.1, -0.05) is 23.7 Å². The summed E-state index contributed by atoms with van der Waals surface area (Å²) in [6.45, 7) is 1.98. The number of hydrogen-bond donors (Lipinski definition) is 1. The first-order valence-electron chi connectivity index (χ1n) is 6.93. The first kappa shape index (κ1) is 13.3. The van der Waals surface area contributed by atoms with E-state index in [1.807, 2.05) is 31.2 Å². The average Bonchev–Trinajstić information content (AvgIpc) is 2.46. The van der Waals surface area contributed by atoms with Crippen LogP contribution in [0.15, 0.2) is 30.3 Å². The summed E-state index contributed by atoms with van der Waals surface area (Å²) in [4.78, 5) is 0. The van der Waals surface area contributed by atoms with Crippen LogP contribution < -0.4 is 4.74 Å². The van der Waals surface area contributed by atoms with Crippen LogP contribution in [0.1, 0.15) is 29.5 Å². The van der Waals surface area contributed by atoms with Gasteiger partial charge in [-0.15, -0.1) is 0 Å². The lowest BCUT2D eigenvalue weighted by Crippen LogP contribution is -2.05. The molecule has 0 saturated carbocycles. The molecule has 3 rings (SSSR count). The van der Waals surface area contributed by atoms with Gasteiger partial charge in [0.1, 0.15) is 17.2 Å². The molecule has 2 aromatic rings. The van der Waals surface area contributed by atoms with E-state index in [1.54, 1.807) is 6.07 Å². The van der Waals surface area contributed by atoms with Crippen LogP contribution in [0.3, 0.4) is 0 Å². The van der Waals surface area contributed by atoms with Gasteiger partial charge in [0, 0.05) is 11.1 Å². The maximum Gasteiger partial charge on any atom is 0.148 e. The van der Waals surface area contributed by atoms with Gasteiger partial charge in [-0.05, 0) is 56.4 Å². The zero-order chi connectivity index (χ0) is 14.1. The SMILES string of the molecule is Cc1cccc(Cl)c1Oc1ccc(O)c2c1CCCC2. The second kappa shape index (κ2) is 5.37. The van der Waals surface area contributed by atoms with Crippen molar-refractivity contribution in [3.63, 3.8) is 0 Å². The predicted molar refractivity (Wildman–Crippen MR) is 81.0 cm³/mol. The molecule has 0 bridgehead atoms. The fourth-order valence-corrected chi connectivity index (χ4v) is 3.03. The third kappa shape index (κ3) is 2.36. The number of ether oxygens (including phenoxy) is 1. The van der Waals surface area contributed by atoms with E-state index in [9.17, 15) is 5.11 Å². The molecule has 0 saturated heterocycles. The molecule has 3 heteroatoms. The largest absolute Gasteiger partial charge is 0.508 e. The minimum Gasteiger partial charge on any atom is -0.508 e. The highest BCUT2D eigenvalue weighted by atomic mass is 35.5. The van der Waals surface area contributed by atoms with Crippen molar-refractivity contribution >= 4 is 11.6 Å². The number of fused-ring (bicyclic) bond motifs is 1. The molecule has 1 aliphatic rings. The maximum absolute atomic E-state index is 9.97. The van der Waals surface area contributed by atoms with Gasteiger partial charge in [0.15, 0.2) is 0 Å². The van der Waals surface area contributed by atoms with E-state index in [-0.39, 0.29) is 0 Å². The van der Waals surface area contributed by atoms with Crippen LogP contribution in [0.2, 0.25) is 5.02 Å². The summed E-state index contributed by atoms with van der Waals surface area (Å²) in [5, 5.41) is 10.6. The Balaban J connectivity index is 2.03. The fourth-order valence-electron chi connectivity index (χ4n) is 2.77. The van der Waals surface area contributed by atoms with Crippen molar-refractivity contribution in [2.45, 2.75) is 32.6 Å². The van der Waals surface area contributed by atoms with E-state index >= 15 is 0 Å². The Bertz CT molecular complexity index is 629. The van der Waals surface area contributed by atoms with Gasteiger partial charge in [0.2, 0.25) is 0 Å². The molecule has 20 heavy (non-hydrogen) atoms. The van der Waals surface area contributed by atoms with Gasteiger partial charge in [0.05, 0.1) is 5.02 Å². The molecule has 0 radical (unpaired) electrons.